The van der Waals surface area contributed by atoms with E-state index < -0.39 is 23.7 Å². The van der Waals surface area contributed by atoms with Gasteiger partial charge in [-0.2, -0.15) is 0 Å². The van der Waals surface area contributed by atoms with Crippen molar-refractivity contribution in [1.82, 2.24) is 0 Å². The third-order valence-electron chi connectivity index (χ3n) is 8.40. The maximum absolute atomic E-state index is 6.63. The first-order valence-corrected chi connectivity index (χ1v) is 12.3. The van der Waals surface area contributed by atoms with Gasteiger partial charge in [0.2, 0.25) is 0 Å². The fourth-order valence-electron chi connectivity index (χ4n) is 6.11. The van der Waals surface area contributed by atoms with Crippen molar-refractivity contribution in [2.45, 2.75) is 44.3 Å². The number of rotatable bonds is 1. The number of benzene rings is 4. The second-order valence-electron chi connectivity index (χ2n) is 10.7. The molecule has 4 aromatic rings. The molecule has 7 rings (SSSR count). The van der Waals surface area contributed by atoms with Gasteiger partial charge in [-0.15, -0.1) is 0 Å². The van der Waals surface area contributed by atoms with E-state index in [2.05, 4.69) is 107 Å². The molecule has 1 spiro atoms. The Morgan fingerprint density at radius 2 is 1.06 bits per heavy atom. The smallest absolute Gasteiger partial charge is 0.457 e. The van der Waals surface area contributed by atoms with Crippen LogP contribution in [0, 0.1) is 0 Å². The third-order valence-corrected chi connectivity index (χ3v) is 8.40. The topological polar surface area (TPSA) is 27.7 Å². The van der Waals surface area contributed by atoms with E-state index in [1.807, 2.05) is 12.1 Å². The summed E-state index contributed by atoms with van der Waals surface area (Å²) in [6, 6.07) is 32.2. The molecule has 172 valence electrons. The lowest BCUT2D eigenvalue weighted by molar-refractivity contribution is 0.00578. The Hall–Kier alpha value is -3.34. The van der Waals surface area contributed by atoms with Crippen LogP contribution in [0.3, 0.4) is 0 Å². The van der Waals surface area contributed by atoms with Crippen molar-refractivity contribution >= 4 is 12.6 Å². The first-order chi connectivity index (χ1) is 16.8. The van der Waals surface area contributed by atoms with Crippen molar-refractivity contribution in [1.29, 1.82) is 0 Å². The molecule has 4 heteroatoms. The van der Waals surface area contributed by atoms with E-state index in [1.54, 1.807) is 0 Å². The van der Waals surface area contributed by atoms with Gasteiger partial charge in [-0.25, -0.2) is 0 Å². The van der Waals surface area contributed by atoms with Gasteiger partial charge in [-0.1, -0.05) is 78.9 Å². The number of hydrogen-bond acceptors (Lipinski definition) is 3. The highest BCUT2D eigenvalue weighted by Gasteiger charge is 2.57. The monoisotopic (exact) mass is 458 g/mol. The van der Waals surface area contributed by atoms with Gasteiger partial charge in [0, 0.05) is 11.1 Å². The van der Waals surface area contributed by atoms with Crippen molar-refractivity contribution in [2.75, 3.05) is 0 Å². The summed E-state index contributed by atoms with van der Waals surface area (Å²) in [6.45, 7) is 8.44. The van der Waals surface area contributed by atoms with Gasteiger partial charge in [0.1, 0.15) is 11.5 Å². The van der Waals surface area contributed by atoms with Crippen LogP contribution >= 0.6 is 0 Å². The molecule has 0 unspecified atom stereocenters. The number of hydrogen-bond donors (Lipinski definition) is 0. The molecule has 0 bridgehead atoms. The minimum absolute atomic E-state index is 0.426. The lowest BCUT2D eigenvalue weighted by Crippen LogP contribution is -2.43. The molecule has 4 aromatic carbocycles. The highest BCUT2D eigenvalue weighted by molar-refractivity contribution is 6.63. The SMILES string of the molecule is CC1(C)OB(c2cccc3c2C2(c4ccccc4Oc4ccccc42)c2ccccc2-3)OC1(C)C. The predicted octanol–water partition coefficient (Wildman–Crippen LogP) is 6.45. The Kier molecular flexibility index (Phi) is 4.12. The van der Waals surface area contributed by atoms with Gasteiger partial charge in [-0.05, 0) is 67.5 Å². The number of fused-ring (bicyclic) bond motifs is 9. The van der Waals surface area contributed by atoms with Crippen LogP contribution in [0.1, 0.15) is 49.9 Å². The molecule has 0 radical (unpaired) electrons. The molecule has 3 nitrogen and oxygen atoms in total. The largest absolute Gasteiger partial charge is 0.495 e. The van der Waals surface area contributed by atoms with Gasteiger partial charge < -0.3 is 14.0 Å². The molecular weight excluding hydrogens is 431 g/mol. The molecule has 3 aliphatic rings. The minimum Gasteiger partial charge on any atom is -0.457 e. The van der Waals surface area contributed by atoms with E-state index in [9.17, 15) is 0 Å². The van der Waals surface area contributed by atoms with Crippen molar-refractivity contribution in [2.24, 2.45) is 0 Å². The summed E-state index contributed by atoms with van der Waals surface area (Å²) in [7, 11) is -0.469. The molecule has 2 aliphatic heterocycles. The zero-order chi connectivity index (χ0) is 24.0. The summed E-state index contributed by atoms with van der Waals surface area (Å²) in [5.41, 5.74) is 6.94. The van der Waals surface area contributed by atoms with Crippen LogP contribution in [0.5, 0.6) is 11.5 Å². The van der Waals surface area contributed by atoms with Crippen LogP contribution in [-0.4, -0.2) is 18.3 Å². The standard InChI is InChI=1S/C31H27BO3/c1-29(2)30(3,4)35-32(34-29)25-17-11-13-21-20-12-5-6-14-22(20)31(28(21)25)23-15-7-9-18-26(23)33-27-19-10-8-16-24(27)31/h5-19H,1-4H3. The first-order valence-electron chi connectivity index (χ1n) is 12.3. The fraction of sp³-hybridized carbons (Fsp3) is 0.226. The predicted molar refractivity (Wildman–Crippen MR) is 140 cm³/mol. The Morgan fingerprint density at radius 3 is 1.69 bits per heavy atom. The summed E-state index contributed by atoms with van der Waals surface area (Å²) in [6.07, 6.45) is 0. The van der Waals surface area contributed by atoms with Gasteiger partial charge in [0.15, 0.2) is 0 Å². The normalized spacial score (nSPS) is 19.5. The molecule has 0 saturated carbocycles. The van der Waals surface area contributed by atoms with E-state index in [1.165, 1.54) is 22.3 Å². The van der Waals surface area contributed by atoms with Crippen LogP contribution < -0.4 is 10.2 Å². The fourth-order valence-corrected chi connectivity index (χ4v) is 6.11. The Bertz CT molecular complexity index is 1440. The van der Waals surface area contributed by atoms with Crippen molar-refractivity contribution < 1.29 is 14.0 Å². The molecule has 0 aromatic heterocycles. The van der Waals surface area contributed by atoms with Crippen LogP contribution in [0.4, 0.5) is 0 Å². The van der Waals surface area contributed by atoms with Crippen LogP contribution in [-0.2, 0) is 14.7 Å². The summed E-state index contributed by atoms with van der Waals surface area (Å²) in [5.74, 6) is 1.77. The van der Waals surface area contributed by atoms with Crippen LogP contribution in [0.2, 0.25) is 0 Å². The molecule has 35 heavy (non-hydrogen) atoms. The van der Waals surface area contributed by atoms with Crippen molar-refractivity contribution in [3.8, 4) is 22.6 Å². The maximum Gasteiger partial charge on any atom is 0.495 e. The van der Waals surface area contributed by atoms with E-state index in [0.717, 1.165) is 28.1 Å². The van der Waals surface area contributed by atoms with E-state index in [-0.39, 0.29) is 0 Å². The minimum atomic E-state index is -0.530. The summed E-state index contributed by atoms with van der Waals surface area (Å²) in [4.78, 5) is 0. The Balaban J connectivity index is 1.61. The van der Waals surface area contributed by atoms with Crippen molar-refractivity contribution in [3.63, 3.8) is 0 Å². The highest BCUT2D eigenvalue weighted by atomic mass is 16.7. The van der Waals surface area contributed by atoms with Gasteiger partial charge >= 0.3 is 7.12 Å². The Morgan fingerprint density at radius 1 is 0.543 bits per heavy atom. The molecule has 0 N–H and O–H groups in total. The lowest BCUT2D eigenvalue weighted by atomic mass is 9.61. The van der Waals surface area contributed by atoms with E-state index in [0.29, 0.717) is 0 Å². The second-order valence-corrected chi connectivity index (χ2v) is 10.7. The van der Waals surface area contributed by atoms with Crippen LogP contribution in [0.25, 0.3) is 11.1 Å². The average Bonchev–Trinajstić information content (AvgIpc) is 3.27. The highest BCUT2D eigenvalue weighted by Crippen LogP contribution is 2.61. The second kappa shape index (κ2) is 6.87. The first kappa shape index (κ1) is 21.0. The Labute approximate surface area is 206 Å². The zero-order valence-electron chi connectivity index (χ0n) is 20.5. The van der Waals surface area contributed by atoms with Gasteiger partial charge in [-0.3, -0.25) is 0 Å². The van der Waals surface area contributed by atoms with E-state index >= 15 is 0 Å². The van der Waals surface area contributed by atoms with Gasteiger partial charge in [0.25, 0.3) is 0 Å². The zero-order valence-corrected chi connectivity index (χ0v) is 20.5. The maximum atomic E-state index is 6.63. The molecule has 1 aliphatic carbocycles. The summed E-state index contributed by atoms with van der Waals surface area (Å²) in [5, 5.41) is 0. The summed E-state index contributed by atoms with van der Waals surface area (Å²) < 4.78 is 19.7. The number of ether oxygens (including phenoxy) is 1. The number of para-hydroxylation sites is 2. The molecule has 1 fully saturated rings. The molecule has 0 amide bonds. The molecular formula is C31H27BO3. The lowest BCUT2D eigenvalue weighted by Gasteiger charge is -2.40. The molecule has 1 saturated heterocycles. The summed E-state index contributed by atoms with van der Waals surface area (Å²) >= 11 is 0. The molecule has 2 heterocycles. The van der Waals surface area contributed by atoms with Gasteiger partial charge in [0.05, 0.1) is 16.6 Å². The average molecular weight is 458 g/mol. The van der Waals surface area contributed by atoms with Crippen LogP contribution in [0.15, 0.2) is 91.0 Å². The quantitative estimate of drug-likeness (QED) is 0.265. The van der Waals surface area contributed by atoms with Crippen molar-refractivity contribution in [3.05, 3.63) is 113 Å². The molecule has 0 atom stereocenters. The third kappa shape index (κ3) is 2.59. The van der Waals surface area contributed by atoms with E-state index in [4.69, 9.17) is 14.0 Å².